The molecule has 0 saturated carbocycles. The monoisotopic (exact) mass is 500 g/mol. The molecule has 1 heterocycles. The maximum absolute atomic E-state index is 13.6. The van der Waals surface area contributed by atoms with Crippen molar-refractivity contribution in [3.05, 3.63) is 99.6 Å². The van der Waals surface area contributed by atoms with Crippen LogP contribution in [0.4, 0.5) is 11.4 Å². The van der Waals surface area contributed by atoms with Crippen LogP contribution in [0.2, 0.25) is 0 Å². The van der Waals surface area contributed by atoms with E-state index in [2.05, 4.69) is 5.32 Å². The molecule has 36 heavy (non-hydrogen) atoms. The average molecular weight is 501 g/mol. The van der Waals surface area contributed by atoms with Crippen LogP contribution in [-0.4, -0.2) is 23.9 Å². The predicted molar refractivity (Wildman–Crippen MR) is 143 cm³/mol. The third kappa shape index (κ3) is 5.36. The molecule has 0 atom stereocenters. The lowest BCUT2D eigenvalue weighted by molar-refractivity contribution is -0.120. The number of carbonyl (C=O) groups excluding carboxylic acids is 3. The summed E-state index contributed by atoms with van der Waals surface area (Å²) in [5.74, 6) is -1.33. The first kappa shape index (κ1) is 25.3. The van der Waals surface area contributed by atoms with E-state index in [1.165, 1.54) is 11.8 Å². The molecular formula is C29H28N2O4S. The highest BCUT2D eigenvalue weighted by Crippen LogP contribution is 2.38. The largest absolute Gasteiger partial charge is 0.459 e. The van der Waals surface area contributed by atoms with Crippen molar-refractivity contribution < 1.29 is 19.1 Å². The molecule has 184 valence electrons. The quantitative estimate of drug-likeness (QED) is 0.309. The molecule has 6 nitrogen and oxygen atoms in total. The van der Waals surface area contributed by atoms with Gasteiger partial charge in [0.25, 0.3) is 11.8 Å². The Kier molecular flexibility index (Phi) is 7.31. The first-order valence-corrected chi connectivity index (χ1v) is 12.5. The van der Waals surface area contributed by atoms with Crippen molar-refractivity contribution in [2.24, 2.45) is 0 Å². The van der Waals surface area contributed by atoms with Gasteiger partial charge in [-0.1, -0.05) is 47.2 Å². The van der Waals surface area contributed by atoms with Gasteiger partial charge >= 0.3 is 5.97 Å². The highest BCUT2D eigenvalue weighted by Gasteiger charge is 2.40. The Morgan fingerprint density at radius 1 is 0.861 bits per heavy atom. The number of aryl methyl sites for hydroxylation is 3. The van der Waals surface area contributed by atoms with Gasteiger partial charge in [0.2, 0.25) is 0 Å². The van der Waals surface area contributed by atoms with E-state index < -0.39 is 17.8 Å². The first-order valence-electron chi connectivity index (χ1n) is 11.7. The molecule has 4 rings (SSSR count). The standard InChI is InChI=1S/C29H28N2O4S/c1-17(2)35-29(34)21-9-11-22(12-10-21)31-27(32)25(30-24-15-8-19(4)16-20(24)5)26(28(31)33)36-23-13-6-18(3)7-14-23/h6-17,30H,1-5H3. The summed E-state index contributed by atoms with van der Waals surface area (Å²) in [5.41, 5.74) is 4.89. The van der Waals surface area contributed by atoms with E-state index in [4.69, 9.17) is 4.74 Å². The van der Waals surface area contributed by atoms with Gasteiger partial charge in [-0.3, -0.25) is 9.59 Å². The molecule has 0 radical (unpaired) electrons. The van der Waals surface area contributed by atoms with Crippen molar-refractivity contribution in [1.82, 2.24) is 0 Å². The molecule has 0 aromatic heterocycles. The summed E-state index contributed by atoms with van der Waals surface area (Å²) < 4.78 is 5.23. The van der Waals surface area contributed by atoms with Crippen molar-refractivity contribution >= 4 is 40.9 Å². The molecule has 1 aliphatic heterocycles. The first-order chi connectivity index (χ1) is 17.1. The number of nitrogens with one attached hydrogen (secondary N) is 1. The second kappa shape index (κ2) is 10.4. The van der Waals surface area contributed by atoms with Gasteiger partial charge in [0.05, 0.1) is 17.4 Å². The smallest absolute Gasteiger partial charge is 0.338 e. The molecule has 0 unspecified atom stereocenters. The zero-order valence-electron chi connectivity index (χ0n) is 20.9. The van der Waals surface area contributed by atoms with Gasteiger partial charge in [0.1, 0.15) is 10.6 Å². The summed E-state index contributed by atoms with van der Waals surface area (Å²) >= 11 is 1.25. The lowest BCUT2D eigenvalue weighted by atomic mass is 10.1. The predicted octanol–water partition coefficient (Wildman–Crippen LogP) is 6.17. The third-order valence-electron chi connectivity index (χ3n) is 5.63. The number of carbonyl (C=O) groups is 3. The van der Waals surface area contributed by atoms with Gasteiger partial charge in [0.15, 0.2) is 0 Å². The zero-order valence-corrected chi connectivity index (χ0v) is 21.7. The minimum atomic E-state index is -0.457. The lowest BCUT2D eigenvalue weighted by Crippen LogP contribution is -2.32. The molecule has 3 aromatic rings. The molecule has 0 bridgehead atoms. The fraction of sp³-hybridized carbons (Fsp3) is 0.207. The molecule has 1 N–H and O–H groups in total. The van der Waals surface area contributed by atoms with E-state index in [0.29, 0.717) is 16.2 Å². The van der Waals surface area contributed by atoms with Crippen molar-refractivity contribution in [3.63, 3.8) is 0 Å². The SMILES string of the molecule is Cc1ccc(SC2=C(Nc3ccc(C)cc3C)C(=O)N(c3ccc(C(=O)OC(C)C)cc3)C2=O)cc1. The number of hydrogen-bond donors (Lipinski definition) is 1. The molecule has 0 saturated heterocycles. The van der Waals surface area contributed by atoms with Crippen LogP contribution in [0.25, 0.3) is 0 Å². The van der Waals surface area contributed by atoms with Crippen LogP contribution in [0, 0.1) is 20.8 Å². The summed E-state index contributed by atoms with van der Waals surface area (Å²) in [7, 11) is 0. The minimum Gasteiger partial charge on any atom is -0.459 e. The van der Waals surface area contributed by atoms with Gasteiger partial charge in [-0.05, 0) is 82.6 Å². The summed E-state index contributed by atoms with van der Waals surface area (Å²) in [6.07, 6.45) is -0.247. The third-order valence-corrected chi connectivity index (χ3v) is 6.72. The van der Waals surface area contributed by atoms with E-state index in [9.17, 15) is 14.4 Å². The van der Waals surface area contributed by atoms with Gasteiger partial charge in [-0.2, -0.15) is 0 Å². The molecule has 0 fully saturated rings. The number of hydrogen-bond acceptors (Lipinski definition) is 6. The van der Waals surface area contributed by atoms with Crippen molar-refractivity contribution in [2.75, 3.05) is 10.2 Å². The zero-order chi connectivity index (χ0) is 26.0. The van der Waals surface area contributed by atoms with Gasteiger partial charge in [-0.15, -0.1) is 0 Å². The molecule has 7 heteroatoms. The van der Waals surface area contributed by atoms with E-state index in [0.717, 1.165) is 32.2 Å². The van der Waals surface area contributed by atoms with Crippen LogP contribution in [0.15, 0.2) is 82.2 Å². The number of thioether (sulfide) groups is 1. The summed E-state index contributed by atoms with van der Waals surface area (Å²) in [6.45, 7) is 9.50. The minimum absolute atomic E-state index is 0.223. The van der Waals surface area contributed by atoms with Gasteiger partial charge in [-0.25, -0.2) is 9.69 Å². The fourth-order valence-electron chi connectivity index (χ4n) is 3.79. The Morgan fingerprint density at radius 3 is 2.11 bits per heavy atom. The number of esters is 1. The Bertz CT molecular complexity index is 1360. The second-order valence-corrected chi connectivity index (χ2v) is 10.1. The number of anilines is 2. The fourth-order valence-corrected chi connectivity index (χ4v) is 4.72. The lowest BCUT2D eigenvalue weighted by Gasteiger charge is -2.16. The maximum Gasteiger partial charge on any atom is 0.338 e. The van der Waals surface area contributed by atoms with Crippen molar-refractivity contribution in [1.29, 1.82) is 0 Å². The van der Waals surface area contributed by atoms with E-state index in [-0.39, 0.29) is 11.8 Å². The topological polar surface area (TPSA) is 75.7 Å². The molecule has 1 aliphatic rings. The number of nitrogens with zero attached hydrogens (tertiary/aromatic N) is 1. The highest BCUT2D eigenvalue weighted by atomic mass is 32.2. The van der Waals surface area contributed by atoms with Crippen LogP contribution in [-0.2, 0) is 14.3 Å². The number of amides is 2. The van der Waals surface area contributed by atoms with Crippen LogP contribution < -0.4 is 10.2 Å². The van der Waals surface area contributed by atoms with Crippen LogP contribution >= 0.6 is 11.8 Å². The van der Waals surface area contributed by atoms with Gasteiger partial charge in [0, 0.05) is 10.6 Å². The number of benzene rings is 3. The second-order valence-electron chi connectivity index (χ2n) is 9.01. The van der Waals surface area contributed by atoms with Crippen LogP contribution in [0.5, 0.6) is 0 Å². The van der Waals surface area contributed by atoms with Crippen molar-refractivity contribution in [3.8, 4) is 0 Å². The number of imide groups is 1. The van der Waals surface area contributed by atoms with E-state index in [1.807, 2.05) is 63.2 Å². The Hall–Kier alpha value is -3.84. The van der Waals surface area contributed by atoms with E-state index in [1.54, 1.807) is 38.1 Å². The number of ether oxygens (including phenoxy) is 1. The van der Waals surface area contributed by atoms with Crippen LogP contribution in [0.3, 0.4) is 0 Å². The Morgan fingerprint density at radius 2 is 1.50 bits per heavy atom. The van der Waals surface area contributed by atoms with Crippen molar-refractivity contribution in [2.45, 2.75) is 45.6 Å². The Labute approximate surface area is 215 Å². The summed E-state index contributed by atoms with van der Waals surface area (Å²) in [5, 5.41) is 3.22. The number of rotatable bonds is 7. The maximum atomic E-state index is 13.6. The van der Waals surface area contributed by atoms with Crippen LogP contribution in [0.1, 0.15) is 40.9 Å². The highest BCUT2D eigenvalue weighted by molar-refractivity contribution is 8.04. The van der Waals surface area contributed by atoms with E-state index >= 15 is 0 Å². The Balaban J connectivity index is 1.69. The molecule has 0 aliphatic carbocycles. The normalized spacial score (nSPS) is 13.6. The summed E-state index contributed by atoms with van der Waals surface area (Å²) in [6, 6.07) is 20.0. The summed E-state index contributed by atoms with van der Waals surface area (Å²) in [4.78, 5) is 41.7. The van der Waals surface area contributed by atoms with Gasteiger partial charge < -0.3 is 10.1 Å². The molecule has 2 amide bonds. The molecule has 3 aromatic carbocycles. The molecule has 0 spiro atoms. The molecular weight excluding hydrogens is 472 g/mol. The average Bonchev–Trinajstić information content (AvgIpc) is 3.05.